The van der Waals surface area contributed by atoms with Crippen LogP contribution < -0.4 is 5.32 Å². The van der Waals surface area contributed by atoms with Crippen molar-refractivity contribution in [2.45, 2.75) is 45.2 Å². The van der Waals surface area contributed by atoms with Crippen molar-refractivity contribution in [3.63, 3.8) is 0 Å². The Morgan fingerprint density at radius 2 is 1.94 bits per heavy atom. The predicted molar refractivity (Wildman–Crippen MR) is 115 cm³/mol. The third-order valence-corrected chi connectivity index (χ3v) is 7.02. The van der Waals surface area contributed by atoms with E-state index in [-0.39, 0.29) is 41.8 Å². The normalized spacial score (nSPS) is 17.9. The fraction of sp³-hybridized carbons (Fsp3) is 0.550. The summed E-state index contributed by atoms with van der Waals surface area (Å²) in [6.07, 6.45) is 0.819. The first-order chi connectivity index (χ1) is 15.0. The van der Waals surface area contributed by atoms with Gasteiger partial charge in [0.05, 0.1) is 22.8 Å². The second-order valence-electron chi connectivity index (χ2n) is 7.59. The van der Waals surface area contributed by atoms with Gasteiger partial charge in [0.15, 0.2) is 16.4 Å². The molecule has 2 atom stereocenters. The number of nitro groups is 1. The number of sulfone groups is 1. The van der Waals surface area contributed by atoms with E-state index in [4.69, 9.17) is 4.74 Å². The number of carbonyl (C=O) groups excluding carboxylic acids is 3. The number of ether oxygens (including phenoxy) is 1. The second kappa shape index (κ2) is 11.0. The molecule has 1 aliphatic rings. The SMILES string of the molecule is CC[C@H](C)N(C(=O)COC(=O)CCNC(=O)c1ccc([N+](=O)[O-])cc1)[C@H]1CCS(=O)(=O)C1. The van der Waals surface area contributed by atoms with Gasteiger partial charge in [0, 0.05) is 36.3 Å². The topological polar surface area (TPSA) is 153 Å². The van der Waals surface area contributed by atoms with Crippen LogP contribution in [0, 0.1) is 10.1 Å². The van der Waals surface area contributed by atoms with Crippen LogP contribution in [-0.2, 0) is 24.2 Å². The third-order valence-electron chi connectivity index (χ3n) is 5.27. The van der Waals surface area contributed by atoms with Crippen LogP contribution in [0.1, 0.15) is 43.5 Å². The van der Waals surface area contributed by atoms with E-state index in [1.165, 1.54) is 29.2 Å². The number of carbonyl (C=O) groups is 3. The predicted octanol–water partition coefficient (Wildman–Crippen LogP) is 1.07. The lowest BCUT2D eigenvalue weighted by molar-refractivity contribution is -0.384. The highest BCUT2D eigenvalue weighted by Crippen LogP contribution is 2.21. The Labute approximate surface area is 186 Å². The van der Waals surface area contributed by atoms with Gasteiger partial charge in [-0.1, -0.05) is 6.92 Å². The zero-order valence-corrected chi connectivity index (χ0v) is 18.8. The Hall–Kier alpha value is -3.02. The van der Waals surface area contributed by atoms with E-state index in [0.29, 0.717) is 12.8 Å². The molecule has 176 valence electrons. The monoisotopic (exact) mass is 469 g/mol. The Balaban J connectivity index is 1.80. The molecule has 2 rings (SSSR count). The number of benzene rings is 1. The van der Waals surface area contributed by atoms with E-state index in [9.17, 15) is 32.9 Å². The van der Waals surface area contributed by atoms with Crippen LogP contribution in [-0.4, -0.2) is 72.8 Å². The first-order valence-electron chi connectivity index (χ1n) is 10.2. The van der Waals surface area contributed by atoms with Gasteiger partial charge in [-0.15, -0.1) is 0 Å². The van der Waals surface area contributed by atoms with Gasteiger partial charge in [0.2, 0.25) is 0 Å². The fourth-order valence-electron chi connectivity index (χ4n) is 3.40. The summed E-state index contributed by atoms with van der Waals surface area (Å²) in [4.78, 5) is 48.2. The number of hydrogen-bond acceptors (Lipinski definition) is 8. The van der Waals surface area contributed by atoms with Gasteiger partial charge in [-0.3, -0.25) is 24.5 Å². The fourth-order valence-corrected chi connectivity index (χ4v) is 5.12. The molecule has 1 aliphatic heterocycles. The zero-order chi connectivity index (χ0) is 23.9. The maximum absolute atomic E-state index is 12.6. The van der Waals surface area contributed by atoms with Crippen molar-refractivity contribution in [3.8, 4) is 0 Å². The van der Waals surface area contributed by atoms with Crippen molar-refractivity contribution >= 4 is 33.3 Å². The van der Waals surface area contributed by atoms with E-state index in [2.05, 4.69) is 5.32 Å². The van der Waals surface area contributed by atoms with E-state index in [1.807, 2.05) is 13.8 Å². The van der Waals surface area contributed by atoms with Crippen LogP contribution >= 0.6 is 0 Å². The highest BCUT2D eigenvalue weighted by molar-refractivity contribution is 7.91. The summed E-state index contributed by atoms with van der Waals surface area (Å²) in [7, 11) is -3.17. The molecule has 0 aromatic heterocycles. The van der Waals surface area contributed by atoms with Crippen molar-refractivity contribution in [1.29, 1.82) is 0 Å². The van der Waals surface area contributed by atoms with Crippen molar-refractivity contribution in [2.75, 3.05) is 24.7 Å². The molecule has 0 aliphatic carbocycles. The number of nitrogens with one attached hydrogen (secondary N) is 1. The quantitative estimate of drug-likeness (QED) is 0.303. The summed E-state index contributed by atoms with van der Waals surface area (Å²) in [5.74, 6) is -1.71. The molecular formula is C20H27N3O8S. The molecule has 0 radical (unpaired) electrons. The summed E-state index contributed by atoms with van der Waals surface area (Å²) < 4.78 is 28.6. The molecule has 0 spiro atoms. The molecule has 1 aromatic rings. The van der Waals surface area contributed by atoms with Gasteiger partial charge in [-0.2, -0.15) is 0 Å². The maximum atomic E-state index is 12.6. The van der Waals surface area contributed by atoms with Crippen molar-refractivity contribution < 1.29 is 32.5 Å². The summed E-state index contributed by atoms with van der Waals surface area (Å²) in [6.45, 7) is 3.15. The summed E-state index contributed by atoms with van der Waals surface area (Å²) in [6, 6.07) is 4.39. The van der Waals surface area contributed by atoms with Gasteiger partial charge in [-0.05, 0) is 31.9 Å². The Morgan fingerprint density at radius 3 is 2.47 bits per heavy atom. The lowest BCUT2D eigenvalue weighted by Crippen LogP contribution is -2.48. The van der Waals surface area contributed by atoms with Crippen LogP contribution in [0.4, 0.5) is 5.69 Å². The molecule has 1 fully saturated rings. The summed E-state index contributed by atoms with van der Waals surface area (Å²) >= 11 is 0. The van der Waals surface area contributed by atoms with E-state index >= 15 is 0 Å². The number of nitro benzene ring substituents is 1. The Kier molecular flexibility index (Phi) is 8.70. The van der Waals surface area contributed by atoms with Gasteiger partial charge in [0.1, 0.15) is 0 Å². The van der Waals surface area contributed by atoms with Crippen molar-refractivity contribution in [2.24, 2.45) is 0 Å². The molecular weight excluding hydrogens is 442 g/mol. The molecule has 11 nitrogen and oxygen atoms in total. The number of amides is 2. The molecule has 32 heavy (non-hydrogen) atoms. The number of non-ortho nitro benzene ring substituents is 1. The third kappa shape index (κ3) is 7.01. The Bertz CT molecular complexity index is 962. The average molecular weight is 470 g/mol. The minimum absolute atomic E-state index is 0.0339. The van der Waals surface area contributed by atoms with Crippen LogP contribution in [0.15, 0.2) is 24.3 Å². The smallest absolute Gasteiger partial charge is 0.308 e. The van der Waals surface area contributed by atoms with Gasteiger partial charge < -0.3 is 15.0 Å². The molecule has 1 aromatic carbocycles. The molecule has 12 heteroatoms. The van der Waals surface area contributed by atoms with Crippen LogP contribution in [0.5, 0.6) is 0 Å². The largest absolute Gasteiger partial charge is 0.456 e. The highest BCUT2D eigenvalue weighted by Gasteiger charge is 2.36. The average Bonchev–Trinajstić information content (AvgIpc) is 3.11. The molecule has 0 bridgehead atoms. The van der Waals surface area contributed by atoms with E-state index in [0.717, 1.165) is 0 Å². The minimum atomic E-state index is -3.17. The summed E-state index contributed by atoms with van der Waals surface area (Å²) in [5.41, 5.74) is 0.0614. The first kappa shape index (κ1) is 25.2. The number of nitrogens with zero attached hydrogens (tertiary/aromatic N) is 2. The lowest BCUT2D eigenvalue weighted by atomic mass is 10.1. The van der Waals surface area contributed by atoms with E-state index in [1.54, 1.807) is 0 Å². The van der Waals surface area contributed by atoms with Crippen molar-refractivity contribution in [1.82, 2.24) is 10.2 Å². The van der Waals surface area contributed by atoms with Crippen LogP contribution in [0.3, 0.4) is 0 Å². The lowest BCUT2D eigenvalue weighted by Gasteiger charge is -2.33. The maximum Gasteiger partial charge on any atom is 0.308 e. The molecule has 1 heterocycles. The van der Waals surface area contributed by atoms with Crippen molar-refractivity contribution in [3.05, 3.63) is 39.9 Å². The molecule has 0 saturated carbocycles. The molecule has 1 saturated heterocycles. The standard InChI is InChI=1S/C20H27N3O8S/c1-3-14(2)22(17-9-11-32(29,30)13-17)18(24)12-31-19(25)8-10-21-20(26)15-4-6-16(7-5-15)23(27)28/h4-7,14,17H,3,8-13H2,1-2H3,(H,21,26)/t14-,17-/m0/s1. The molecule has 2 amide bonds. The number of hydrogen-bond donors (Lipinski definition) is 1. The number of esters is 1. The zero-order valence-electron chi connectivity index (χ0n) is 18.0. The first-order valence-corrected chi connectivity index (χ1v) is 12.1. The molecule has 1 N–H and O–H groups in total. The van der Waals surface area contributed by atoms with Crippen LogP contribution in [0.2, 0.25) is 0 Å². The molecule has 0 unspecified atom stereocenters. The van der Waals surface area contributed by atoms with E-state index < -0.39 is 45.2 Å². The van der Waals surface area contributed by atoms with Gasteiger partial charge in [-0.25, -0.2) is 8.42 Å². The summed E-state index contributed by atoms with van der Waals surface area (Å²) in [5, 5.41) is 13.1. The van der Waals surface area contributed by atoms with Crippen LogP contribution in [0.25, 0.3) is 0 Å². The number of rotatable bonds is 10. The van der Waals surface area contributed by atoms with Gasteiger partial charge in [0.25, 0.3) is 17.5 Å². The minimum Gasteiger partial charge on any atom is -0.456 e. The van der Waals surface area contributed by atoms with Gasteiger partial charge >= 0.3 is 5.97 Å². The second-order valence-corrected chi connectivity index (χ2v) is 9.81. The Morgan fingerprint density at radius 1 is 1.28 bits per heavy atom. The highest BCUT2D eigenvalue weighted by atomic mass is 32.2.